The first-order chi connectivity index (χ1) is 7.23. The summed E-state index contributed by atoms with van der Waals surface area (Å²) in [6.45, 7) is 3.63. The van der Waals surface area contributed by atoms with E-state index in [1.165, 1.54) is 0 Å². The number of hydrogen-bond donors (Lipinski definition) is 2. The van der Waals surface area contributed by atoms with Gasteiger partial charge in [-0.05, 0) is 25.4 Å². The molecule has 6 heteroatoms. The average Bonchev–Trinajstić information content (AvgIpc) is 2.65. The van der Waals surface area contributed by atoms with Gasteiger partial charge >= 0.3 is 6.18 Å². The first-order valence-electron chi connectivity index (χ1n) is 5.29. The molecule has 0 spiro atoms. The number of amides is 1. The second kappa shape index (κ2) is 4.61. The summed E-state index contributed by atoms with van der Waals surface area (Å²) in [4.78, 5) is 11.7. The van der Waals surface area contributed by atoms with Crippen LogP contribution in [0.5, 0.6) is 0 Å². The predicted molar refractivity (Wildman–Crippen MR) is 53.8 cm³/mol. The van der Waals surface area contributed by atoms with Crippen LogP contribution in [0.15, 0.2) is 0 Å². The van der Waals surface area contributed by atoms with E-state index in [9.17, 15) is 18.0 Å². The fraction of sp³-hybridized carbons (Fsp3) is 0.900. The molecular weight excluding hydrogens is 221 g/mol. The molecule has 94 valence electrons. The average molecular weight is 238 g/mol. The number of halogens is 3. The van der Waals surface area contributed by atoms with Crippen molar-refractivity contribution >= 4 is 5.91 Å². The van der Waals surface area contributed by atoms with E-state index in [1.807, 2.05) is 5.32 Å². The smallest absolute Gasteiger partial charge is 0.347 e. The number of nitrogens with one attached hydrogen (secondary N) is 2. The van der Waals surface area contributed by atoms with E-state index in [1.54, 1.807) is 13.8 Å². The molecule has 0 aromatic carbocycles. The normalized spacial score (nSPS) is 22.2. The SMILES string of the molecule is CC(C)(C(=O)NCC(F)(F)F)C1CCNC1. The molecule has 2 N–H and O–H groups in total. The second-order valence-electron chi connectivity index (χ2n) is 4.71. The highest BCUT2D eigenvalue weighted by Crippen LogP contribution is 2.31. The molecule has 0 aliphatic carbocycles. The van der Waals surface area contributed by atoms with E-state index in [0.29, 0.717) is 6.54 Å². The first-order valence-corrected chi connectivity index (χ1v) is 5.29. The molecule has 3 nitrogen and oxygen atoms in total. The van der Waals surface area contributed by atoms with Gasteiger partial charge in [0.2, 0.25) is 5.91 Å². The Labute approximate surface area is 92.8 Å². The Morgan fingerprint density at radius 2 is 2.06 bits per heavy atom. The zero-order chi connectivity index (χ0) is 12.4. The van der Waals surface area contributed by atoms with Gasteiger partial charge in [0, 0.05) is 5.41 Å². The third kappa shape index (κ3) is 3.37. The van der Waals surface area contributed by atoms with Gasteiger partial charge in [-0.15, -0.1) is 0 Å². The Balaban J connectivity index is 2.51. The zero-order valence-electron chi connectivity index (χ0n) is 9.45. The molecule has 1 heterocycles. The molecule has 1 amide bonds. The van der Waals surface area contributed by atoms with Gasteiger partial charge in [0.25, 0.3) is 0 Å². The first kappa shape index (κ1) is 13.3. The van der Waals surface area contributed by atoms with Crippen molar-refractivity contribution in [2.75, 3.05) is 19.6 Å². The van der Waals surface area contributed by atoms with E-state index in [0.717, 1.165) is 13.0 Å². The molecule has 0 radical (unpaired) electrons. The lowest BCUT2D eigenvalue weighted by atomic mass is 9.77. The van der Waals surface area contributed by atoms with Crippen LogP contribution in [0.2, 0.25) is 0 Å². The molecule has 1 unspecified atom stereocenters. The van der Waals surface area contributed by atoms with Crippen LogP contribution in [0.1, 0.15) is 20.3 Å². The standard InChI is InChI=1S/C10H17F3N2O/c1-9(2,7-3-4-14-5-7)8(16)15-6-10(11,12)13/h7,14H,3-6H2,1-2H3,(H,15,16). The fourth-order valence-electron chi connectivity index (χ4n) is 1.86. The number of carbonyl (C=O) groups is 1. The number of alkyl halides is 3. The molecule has 0 aromatic heterocycles. The molecule has 0 aromatic rings. The van der Waals surface area contributed by atoms with Gasteiger partial charge in [0.05, 0.1) is 0 Å². The molecular formula is C10H17F3N2O. The van der Waals surface area contributed by atoms with Gasteiger partial charge in [-0.25, -0.2) is 0 Å². The molecule has 1 aliphatic heterocycles. The van der Waals surface area contributed by atoms with Gasteiger partial charge in [-0.2, -0.15) is 13.2 Å². The van der Waals surface area contributed by atoms with E-state index in [4.69, 9.17) is 0 Å². The summed E-state index contributed by atoms with van der Waals surface area (Å²) in [6.07, 6.45) is -3.52. The zero-order valence-corrected chi connectivity index (χ0v) is 9.45. The van der Waals surface area contributed by atoms with E-state index >= 15 is 0 Å². The van der Waals surface area contributed by atoms with Crippen LogP contribution in [0, 0.1) is 11.3 Å². The van der Waals surface area contributed by atoms with Crippen molar-refractivity contribution in [1.29, 1.82) is 0 Å². The lowest BCUT2D eigenvalue weighted by Crippen LogP contribution is -2.45. The minimum absolute atomic E-state index is 0.0979. The van der Waals surface area contributed by atoms with Crippen LogP contribution in [0.25, 0.3) is 0 Å². The quantitative estimate of drug-likeness (QED) is 0.778. The van der Waals surface area contributed by atoms with Crippen molar-refractivity contribution in [2.24, 2.45) is 11.3 Å². The number of rotatable bonds is 3. The maximum Gasteiger partial charge on any atom is 0.405 e. The summed E-state index contributed by atoms with van der Waals surface area (Å²) in [6, 6.07) is 0. The minimum Gasteiger partial charge on any atom is -0.347 e. The van der Waals surface area contributed by atoms with Crippen LogP contribution >= 0.6 is 0 Å². The van der Waals surface area contributed by atoms with Crippen molar-refractivity contribution in [1.82, 2.24) is 10.6 Å². The van der Waals surface area contributed by atoms with Gasteiger partial charge < -0.3 is 10.6 Å². The number of carbonyl (C=O) groups excluding carboxylic acids is 1. The summed E-state index contributed by atoms with van der Waals surface area (Å²) < 4.78 is 35.9. The third-order valence-corrected chi connectivity index (χ3v) is 3.12. The molecule has 1 saturated heterocycles. The van der Waals surface area contributed by atoms with Crippen LogP contribution in [0.3, 0.4) is 0 Å². The summed E-state index contributed by atoms with van der Waals surface area (Å²) >= 11 is 0. The molecule has 0 saturated carbocycles. The third-order valence-electron chi connectivity index (χ3n) is 3.12. The van der Waals surface area contributed by atoms with Crippen molar-refractivity contribution in [3.05, 3.63) is 0 Å². The Morgan fingerprint density at radius 3 is 2.50 bits per heavy atom. The van der Waals surface area contributed by atoms with Crippen LogP contribution in [-0.2, 0) is 4.79 Å². The Morgan fingerprint density at radius 1 is 1.44 bits per heavy atom. The highest BCUT2D eigenvalue weighted by molar-refractivity contribution is 5.82. The highest BCUT2D eigenvalue weighted by Gasteiger charge is 2.39. The van der Waals surface area contributed by atoms with Crippen molar-refractivity contribution in [3.8, 4) is 0 Å². The van der Waals surface area contributed by atoms with E-state index in [2.05, 4.69) is 5.32 Å². The van der Waals surface area contributed by atoms with Crippen molar-refractivity contribution < 1.29 is 18.0 Å². The van der Waals surface area contributed by atoms with Crippen LogP contribution < -0.4 is 10.6 Å². The fourth-order valence-corrected chi connectivity index (χ4v) is 1.86. The molecule has 1 aliphatic rings. The second-order valence-corrected chi connectivity index (χ2v) is 4.71. The predicted octanol–water partition coefficient (Wildman–Crippen LogP) is 1.30. The van der Waals surface area contributed by atoms with Crippen LogP contribution in [-0.4, -0.2) is 31.7 Å². The largest absolute Gasteiger partial charge is 0.405 e. The Hall–Kier alpha value is -0.780. The summed E-state index contributed by atoms with van der Waals surface area (Å²) in [7, 11) is 0. The lowest BCUT2D eigenvalue weighted by molar-refractivity contribution is -0.145. The van der Waals surface area contributed by atoms with Gasteiger partial charge in [-0.1, -0.05) is 13.8 Å². The topological polar surface area (TPSA) is 41.1 Å². The summed E-state index contributed by atoms with van der Waals surface area (Å²) in [5.41, 5.74) is -0.755. The van der Waals surface area contributed by atoms with Crippen molar-refractivity contribution in [2.45, 2.75) is 26.4 Å². The van der Waals surface area contributed by atoms with E-state index < -0.39 is 24.0 Å². The minimum atomic E-state index is -4.35. The summed E-state index contributed by atoms with van der Waals surface area (Å²) in [5, 5.41) is 5.05. The molecule has 0 bridgehead atoms. The molecule has 16 heavy (non-hydrogen) atoms. The Kier molecular flexibility index (Phi) is 3.83. The monoisotopic (exact) mass is 238 g/mol. The van der Waals surface area contributed by atoms with Crippen LogP contribution in [0.4, 0.5) is 13.2 Å². The Bertz CT molecular complexity index is 257. The lowest BCUT2D eigenvalue weighted by Gasteiger charge is -2.29. The highest BCUT2D eigenvalue weighted by atomic mass is 19.4. The van der Waals surface area contributed by atoms with Gasteiger partial charge in [0.15, 0.2) is 0 Å². The molecule has 1 fully saturated rings. The van der Waals surface area contributed by atoms with E-state index in [-0.39, 0.29) is 5.92 Å². The number of hydrogen-bond acceptors (Lipinski definition) is 2. The van der Waals surface area contributed by atoms with Gasteiger partial charge in [0.1, 0.15) is 6.54 Å². The summed E-state index contributed by atoms with van der Waals surface area (Å²) in [5.74, 6) is -0.431. The molecule has 1 atom stereocenters. The van der Waals surface area contributed by atoms with Crippen molar-refractivity contribution in [3.63, 3.8) is 0 Å². The molecule has 1 rings (SSSR count). The van der Waals surface area contributed by atoms with Gasteiger partial charge in [-0.3, -0.25) is 4.79 Å². The maximum atomic E-state index is 12.0. The maximum absolute atomic E-state index is 12.0.